The number of benzene rings is 1. The van der Waals surface area contributed by atoms with Crippen molar-refractivity contribution < 1.29 is 8.42 Å². The van der Waals surface area contributed by atoms with Crippen molar-refractivity contribution in [2.45, 2.75) is 30.9 Å². The molecule has 16 heavy (non-hydrogen) atoms. The molecule has 1 saturated carbocycles. The summed E-state index contributed by atoms with van der Waals surface area (Å²) in [5.41, 5.74) is 0.541. The second-order valence-corrected chi connectivity index (χ2v) is 6.46. The van der Waals surface area contributed by atoms with E-state index in [0.717, 1.165) is 25.7 Å². The molecule has 0 aromatic heterocycles. The van der Waals surface area contributed by atoms with Crippen LogP contribution in [0.3, 0.4) is 0 Å². The van der Waals surface area contributed by atoms with E-state index in [1.165, 1.54) is 0 Å². The first-order valence-corrected chi connectivity index (χ1v) is 7.27. The summed E-state index contributed by atoms with van der Waals surface area (Å²) in [5, 5.41) is 0.290. The summed E-state index contributed by atoms with van der Waals surface area (Å²) in [4.78, 5) is 0. The van der Waals surface area contributed by atoms with Crippen molar-refractivity contribution in [1.82, 2.24) is 0 Å². The van der Waals surface area contributed by atoms with Crippen LogP contribution in [0, 0.1) is 0 Å². The Morgan fingerprint density at radius 3 is 2.56 bits per heavy atom. The standard InChI is InChI=1S/C11H14ClNO2S/c12-9-4-3-5-10(8-9)13-16(14,15)11-6-1-2-7-11/h3-5,8,11,13H,1-2,6-7H2. The van der Waals surface area contributed by atoms with Crippen LogP contribution in [0.5, 0.6) is 0 Å². The van der Waals surface area contributed by atoms with Crippen LogP contribution in [0.4, 0.5) is 5.69 Å². The number of sulfonamides is 1. The minimum Gasteiger partial charge on any atom is -0.283 e. The van der Waals surface area contributed by atoms with Gasteiger partial charge in [0.15, 0.2) is 0 Å². The zero-order valence-electron chi connectivity index (χ0n) is 8.82. The largest absolute Gasteiger partial charge is 0.283 e. The highest BCUT2D eigenvalue weighted by Crippen LogP contribution is 2.26. The van der Waals surface area contributed by atoms with E-state index < -0.39 is 10.0 Å². The van der Waals surface area contributed by atoms with Crippen molar-refractivity contribution in [2.24, 2.45) is 0 Å². The number of halogens is 1. The minimum absolute atomic E-state index is 0.244. The molecule has 0 atom stereocenters. The molecule has 1 aromatic rings. The Balaban J connectivity index is 2.14. The lowest BCUT2D eigenvalue weighted by atomic mass is 10.3. The predicted molar refractivity (Wildman–Crippen MR) is 66.3 cm³/mol. The maximum Gasteiger partial charge on any atom is 0.235 e. The fraction of sp³-hybridized carbons (Fsp3) is 0.455. The van der Waals surface area contributed by atoms with Gasteiger partial charge < -0.3 is 0 Å². The number of anilines is 1. The summed E-state index contributed by atoms with van der Waals surface area (Å²) in [7, 11) is -3.24. The lowest BCUT2D eigenvalue weighted by Crippen LogP contribution is -2.25. The predicted octanol–water partition coefficient (Wildman–Crippen LogP) is 3.02. The Morgan fingerprint density at radius 2 is 1.94 bits per heavy atom. The number of hydrogen-bond acceptors (Lipinski definition) is 2. The number of rotatable bonds is 3. The van der Waals surface area contributed by atoms with Crippen molar-refractivity contribution >= 4 is 27.3 Å². The molecule has 0 amide bonds. The van der Waals surface area contributed by atoms with E-state index >= 15 is 0 Å². The van der Waals surface area contributed by atoms with Gasteiger partial charge in [-0.3, -0.25) is 4.72 Å². The second-order valence-electron chi connectivity index (χ2n) is 4.06. The zero-order chi connectivity index (χ0) is 11.6. The average molecular weight is 260 g/mol. The summed E-state index contributed by atoms with van der Waals surface area (Å²) in [5.74, 6) is 0. The van der Waals surface area contributed by atoms with Crippen LogP contribution in [-0.4, -0.2) is 13.7 Å². The third kappa shape index (κ3) is 2.68. The van der Waals surface area contributed by atoms with Gasteiger partial charge in [0.2, 0.25) is 10.0 Å². The molecule has 1 aliphatic carbocycles. The molecule has 0 bridgehead atoms. The number of hydrogen-bond donors (Lipinski definition) is 1. The molecule has 0 unspecified atom stereocenters. The van der Waals surface area contributed by atoms with Crippen molar-refractivity contribution in [2.75, 3.05) is 4.72 Å². The summed E-state index contributed by atoms with van der Waals surface area (Å²) in [6.45, 7) is 0. The van der Waals surface area contributed by atoms with Gasteiger partial charge in [0.25, 0.3) is 0 Å². The van der Waals surface area contributed by atoms with Crippen LogP contribution in [0.1, 0.15) is 25.7 Å². The van der Waals surface area contributed by atoms with E-state index in [1.54, 1.807) is 24.3 Å². The molecule has 88 valence electrons. The van der Waals surface area contributed by atoms with Crippen molar-refractivity contribution in [3.63, 3.8) is 0 Å². The smallest absolute Gasteiger partial charge is 0.235 e. The molecular weight excluding hydrogens is 246 g/mol. The van der Waals surface area contributed by atoms with E-state index in [9.17, 15) is 8.42 Å². The third-order valence-electron chi connectivity index (χ3n) is 2.83. The van der Waals surface area contributed by atoms with E-state index in [-0.39, 0.29) is 5.25 Å². The van der Waals surface area contributed by atoms with Gasteiger partial charge in [-0.1, -0.05) is 30.5 Å². The van der Waals surface area contributed by atoms with Crippen LogP contribution >= 0.6 is 11.6 Å². The summed E-state index contributed by atoms with van der Waals surface area (Å²) in [6.07, 6.45) is 3.52. The van der Waals surface area contributed by atoms with Crippen LogP contribution in [-0.2, 0) is 10.0 Å². The van der Waals surface area contributed by atoms with Gasteiger partial charge in [0.05, 0.1) is 5.25 Å². The molecule has 1 fully saturated rings. The van der Waals surface area contributed by atoms with Crippen molar-refractivity contribution in [1.29, 1.82) is 0 Å². The summed E-state index contributed by atoms with van der Waals surface area (Å²) >= 11 is 5.80. The van der Waals surface area contributed by atoms with Gasteiger partial charge in [0, 0.05) is 10.7 Å². The van der Waals surface area contributed by atoms with Crippen molar-refractivity contribution in [3.8, 4) is 0 Å². The molecule has 0 saturated heterocycles. The van der Waals surface area contributed by atoms with Crippen LogP contribution in [0.25, 0.3) is 0 Å². The molecular formula is C11H14ClNO2S. The molecule has 2 rings (SSSR count). The zero-order valence-corrected chi connectivity index (χ0v) is 10.4. The molecule has 1 N–H and O–H groups in total. The molecule has 1 aromatic carbocycles. The minimum atomic E-state index is -3.24. The van der Waals surface area contributed by atoms with Crippen LogP contribution in [0.15, 0.2) is 24.3 Å². The monoisotopic (exact) mass is 259 g/mol. The van der Waals surface area contributed by atoms with Gasteiger partial charge in [0.1, 0.15) is 0 Å². The van der Waals surface area contributed by atoms with Crippen molar-refractivity contribution in [3.05, 3.63) is 29.3 Å². The second kappa shape index (κ2) is 4.63. The molecule has 0 aliphatic heterocycles. The normalized spacial score (nSPS) is 17.6. The molecule has 5 heteroatoms. The Hall–Kier alpha value is -0.740. The lowest BCUT2D eigenvalue weighted by Gasteiger charge is -2.13. The quantitative estimate of drug-likeness (QED) is 0.907. The van der Waals surface area contributed by atoms with E-state index in [4.69, 9.17) is 11.6 Å². The van der Waals surface area contributed by atoms with E-state index in [0.29, 0.717) is 10.7 Å². The SMILES string of the molecule is O=S(=O)(Nc1cccc(Cl)c1)C1CCCC1. The third-order valence-corrected chi connectivity index (χ3v) is 4.93. The first kappa shape index (κ1) is 11.7. The summed E-state index contributed by atoms with van der Waals surface area (Å²) in [6, 6.07) is 6.77. The Bertz CT molecular complexity index is 467. The summed E-state index contributed by atoms with van der Waals surface area (Å²) < 4.78 is 26.5. The van der Waals surface area contributed by atoms with E-state index in [1.807, 2.05) is 0 Å². The molecule has 3 nitrogen and oxygen atoms in total. The van der Waals surface area contributed by atoms with Gasteiger partial charge >= 0.3 is 0 Å². The van der Waals surface area contributed by atoms with Crippen LogP contribution < -0.4 is 4.72 Å². The number of nitrogens with one attached hydrogen (secondary N) is 1. The lowest BCUT2D eigenvalue weighted by molar-refractivity contribution is 0.585. The fourth-order valence-corrected chi connectivity index (χ4v) is 3.76. The molecule has 1 aliphatic rings. The molecule has 0 heterocycles. The highest BCUT2D eigenvalue weighted by Gasteiger charge is 2.28. The maximum atomic E-state index is 12.0. The topological polar surface area (TPSA) is 46.2 Å². The Labute approximate surface area is 101 Å². The van der Waals surface area contributed by atoms with E-state index in [2.05, 4.69) is 4.72 Å². The highest BCUT2D eigenvalue weighted by molar-refractivity contribution is 7.93. The molecule has 0 spiro atoms. The maximum absolute atomic E-state index is 12.0. The first-order chi connectivity index (χ1) is 7.58. The Morgan fingerprint density at radius 1 is 1.25 bits per heavy atom. The van der Waals surface area contributed by atoms with Crippen LogP contribution in [0.2, 0.25) is 5.02 Å². The van der Waals surface area contributed by atoms with Gasteiger partial charge in [-0.15, -0.1) is 0 Å². The average Bonchev–Trinajstić information content (AvgIpc) is 2.69. The first-order valence-electron chi connectivity index (χ1n) is 5.35. The molecule has 0 radical (unpaired) electrons. The van der Waals surface area contributed by atoms with Gasteiger partial charge in [-0.25, -0.2) is 8.42 Å². The fourth-order valence-electron chi connectivity index (χ4n) is 2.00. The van der Waals surface area contributed by atoms with Gasteiger partial charge in [-0.2, -0.15) is 0 Å². The van der Waals surface area contributed by atoms with Gasteiger partial charge in [-0.05, 0) is 31.0 Å². The highest BCUT2D eigenvalue weighted by atomic mass is 35.5. The Kier molecular flexibility index (Phi) is 3.40.